The lowest BCUT2D eigenvalue weighted by molar-refractivity contribution is -0.214. The van der Waals surface area contributed by atoms with Gasteiger partial charge >= 0.3 is 6.09 Å². The number of fused-ring (bicyclic) bond motifs is 1. The lowest BCUT2D eigenvalue weighted by Crippen LogP contribution is -2.50. The topological polar surface area (TPSA) is 116 Å². The van der Waals surface area contributed by atoms with E-state index in [-0.39, 0.29) is 31.0 Å². The number of alkyl carbamates (subject to hydrolysis) is 1. The molecule has 1 amide bonds. The van der Waals surface area contributed by atoms with Crippen molar-refractivity contribution in [3.63, 3.8) is 0 Å². The Bertz CT molecular complexity index is 1050. The number of nitrogens with zero attached hydrogens (tertiary/aromatic N) is 1. The predicted molar refractivity (Wildman–Crippen MR) is 146 cm³/mol. The van der Waals surface area contributed by atoms with Crippen LogP contribution in [0.1, 0.15) is 49.7 Å². The molecule has 0 aromatic heterocycles. The summed E-state index contributed by atoms with van der Waals surface area (Å²) in [4.78, 5) is 19.4. The van der Waals surface area contributed by atoms with Gasteiger partial charge in [-0.15, -0.1) is 0 Å². The van der Waals surface area contributed by atoms with Gasteiger partial charge in [0.15, 0.2) is 6.29 Å². The number of nitrogens with one attached hydrogen (secondary N) is 1. The molecule has 2 aromatic carbocycles. The summed E-state index contributed by atoms with van der Waals surface area (Å²) in [5.41, 5.74) is 8.69. The fraction of sp³-hybridized carbons (Fsp3) is 0.567. The minimum atomic E-state index is -0.911. The van der Waals surface area contributed by atoms with Crippen molar-refractivity contribution in [2.45, 2.75) is 82.1 Å². The second-order valence-corrected chi connectivity index (χ2v) is 10.9. The number of rotatable bonds is 11. The van der Waals surface area contributed by atoms with Gasteiger partial charge in [-0.1, -0.05) is 55.3 Å². The molecular weight excluding hydrogens is 498 g/mol. The van der Waals surface area contributed by atoms with E-state index in [1.807, 2.05) is 59.7 Å². The zero-order valence-corrected chi connectivity index (χ0v) is 22.5. The van der Waals surface area contributed by atoms with Gasteiger partial charge in [-0.05, 0) is 55.4 Å². The molecule has 5 rings (SSSR count). The number of aliphatic hydroxyl groups excluding tert-OH is 1. The smallest absolute Gasteiger partial charge is 0.407 e. The maximum absolute atomic E-state index is 13.1. The summed E-state index contributed by atoms with van der Waals surface area (Å²) in [5.74, 6) is 0.0376. The van der Waals surface area contributed by atoms with Crippen molar-refractivity contribution in [3.8, 4) is 0 Å². The second kappa shape index (κ2) is 13.6. The number of hydrogen-bond donors (Lipinski definition) is 3. The molecule has 9 heteroatoms. The number of amides is 1. The van der Waals surface area contributed by atoms with E-state index in [2.05, 4.69) is 5.32 Å². The fourth-order valence-electron chi connectivity index (χ4n) is 5.80. The Labute approximate surface area is 230 Å². The van der Waals surface area contributed by atoms with E-state index in [9.17, 15) is 9.90 Å². The van der Waals surface area contributed by atoms with Crippen LogP contribution in [0.25, 0.3) is 0 Å². The van der Waals surface area contributed by atoms with Crippen LogP contribution in [-0.2, 0) is 32.0 Å². The predicted octanol–water partition coefficient (Wildman–Crippen LogP) is 3.79. The van der Waals surface area contributed by atoms with Gasteiger partial charge < -0.3 is 30.4 Å². The molecule has 0 spiro atoms. The third-order valence-electron chi connectivity index (χ3n) is 7.84. The Morgan fingerprint density at radius 2 is 1.85 bits per heavy atom. The number of hydrogen-bond acceptors (Lipinski definition) is 8. The summed E-state index contributed by atoms with van der Waals surface area (Å²) in [6, 6.07) is 16.9. The van der Waals surface area contributed by atoms with Crippen LogP contribution in [0.3, 0.4) is 0 Å². The first-order chi connectivity index (χ1) is 19.0. The van der Waals surface area contributed by atoms with Crippen LogP contribution in [0.4, 0.5) is 10.5 Å². The van der Waals surface area contributed by atoms with E-state index < -0.39 is 18.2 Å². The second-order valence-electron chi connectivity index (χ2n) is 10.9. The van der Waals surface area contributed by atoms with Crippen molar-refractivity contribution < 1.29 is 28.9 Å². The van der Waals surface area contributed by atoms with Crippen LogP contribution >= 0.6 is 0 Å². The summed E-state index contributed by atoms with van der Waals surface area (Å²) in [7, 11) is 0. The summed E-state index contributed by atoms with van der Waals surface area (Å²) >= 11 is 0. The molecule has 2 aromatic rings. The largest absolute Gasteiger partial charge is 0.443 e. The third-order valence-corrected chi connectivity index (χ3v) is 7.84. The number of nitrogens with two attached hydrogens (primary N) is 1. The Morgan fingerprint density at radius 1 is 1.05 bits per heavy atom. The van der Waals surface area contributed by atoms with Crippen molar-refractivity contribution in [1.82, 2.24) is 10.4 Å². The molecule has 3 fully saturated rings. The average Bonchev–Trinajstić information content (AvgIpc) is 3.59. The Morgan fingerprint density at radius 3 is 2.64 bits per heavy atom. The average molecular weight is 540 g/mol. The van der Waals surface area contributed by atoms with Crippen molar-refractivity contribution in [2.24, 2.45) is 5.92 Å². The molecule has 2 aliphatic heterocycles. The Hall–Kier alpha value is -2.69. The third kappa shape index (κ3) is 7.93. The van der Waals surface area contributed by atoms with E-state index in [0.29, 0.717) is 31.9 Å². The summed E-state index contributed by atoms with van der Waals surface area (Å²) in [6.45, 7) is 1.68. The molecule has 212 valence electrons. The van der Waals surface area contributed by atoms with Crippen LogP contribution in [0.15, 0.2) is 54.6 Å². The van der Waals surface area contributed by atoms with Crippen LogP contribution in [0.2, 0.25) is 0 Å². The van der Waals surface area contributed by atoms with Gasteiger partial charge in [0.25, 0.3) is 0 Å². The molecule has 2 saturated heterocycles. The molecule has 3 aliphatic rings. The Kier molecular flexibility index (Phi) is 9.71. The van der Waals surface area contributed by atoms with Crippen molar-refractivity contribution in [3.05, 3.63) is 65.7 Å². The highest BCUT2D eigenvalue weighted by Crippen LogP contribution is 2.32. The number of carbonyl (C=O) groups excluding carboxylic acids is 1. The molecule has 4 N–H and O–H groups in total. The van der Waals surface area contributed by atoms with E-state index in [1.54, 1.807) is 0 Å². The number of ether oxygens (including phenoxy) is 3. The van der Waals surface area contributed by atoms with Gasteiger partial charge in [-0.25, -0.2) is 4.79 Å². The first kappa shape index (κ1) is 27.9. The maximum atomic E-state index is 13.1. The first-order valence-electron chi connectivity index (χ1n) is 14.2. The number of hydroxylamine groups is 2. The van der Waals surface area contributed by atoms with E-state index in [0.717, 1.165) is 49.7 Å². The molecular formula is C30H41N3O6. The normalized spacial score (nSPS) is 24.8. The number of nitrogen functional groups attached to an aromatic ring is 1. The summed E-state index contributed by atoms with van der Waals surface area (Å²) < 4.78 is 17.2. The van der Waals surface area contributed by atoms with Crippen molar-refractivity contribution in [1.29, 1.82) is 0 Å². The zero-order chi connectivity index (χ0) is 27.0. The molecule has 39 heavy (non-hydrogen) atoms. The van der Waals surface area contributed by atoms with Gasteiger partial charge in [-0.3, -0.25) is 4.84 Å². The molecule has 9 nitrogen and oxygen atoms in total. The quantitative estimate of drug-likeness (QED) is 0.292. The highest BCUT2D eigenvalue weighted by atomic mass is 16.7. The first-order valence-corrected chi connectivity index (χ1v) is 14.2. The summed E-state index contributed by atoms with van der Waals surface area (Å²) in [5, 5.41) is 16.2. The lowest BCUT2D eigenvalue weighted by Gasteiger charge is -2.32. The standard InChI is InChI=1S/C30H41N3O6/c31-23-11-6-10-22(16-23)18-33(39-24-12-4-5-13-24)19-27(34)26(17-21-8-2-1-3-9-21)32-30(35)38-28-20-37-29-25(28)14-7-15-36-29/h1-3,6,8-11,16,24-29,34H,4-5,7,12-15,17-20,31H2,(H,32,35)/t25-,26?,27?,28-,29+/m1/s1. The SMILES string of the molecule is Nc1cccc(CN(CC(O)C(Cc2ccccc2)NC(=O)O[C@@H]2CO[C@@H]3OCCC[C@@H]32)OC2CCCC2)c1. The maximum Gasteiger partial charge on any atom is 0.407 e. The molecule has 2 heterocycles. The number of carbonyl (C=O) groups is 1. The molecule has 1 aliphatic carbocycles. The van der Waals surface area contributed by atoms with E-state index in [1.165, 1.54) is 0 Å². The number of aliphatic hydroxyl groups is 1. The molecule has 2 unspecified atom stereocenters. The van der Waals surface area contributed by atoms with Crippen molar-refractivity contribution >= 4 is 11.8 Å². The van der Waals surface area contributed by atoms with Crippen molar-refractivity contribution in [2.75, 3.05) is 25.5 Å². The highest BCUT2D eigenvalue weighted by molar-refractivity contribution is 5.68. The zero-order valence-electron chi connectivity index (χ0n) is 22.5. The number of anilines is 1. The van der Waals surface area contributed by atoms with E-state index in [4.69, 9.17) is 24.8 Å². The van der Waals surface area contributed by atoms with Gasteiger partial charge in [0.1, 0.15) is 6.10 Å². The minimum absolute atomic E-state index is 0.0376. The number of benzene rings is 2. The van der Waals surface area contributed by atoms with Crippen LogP contribution in [0, 0.1) is 5.92 Å². The monoisotopic (exact) mass is 539 g/mol. The lowest BCUT2D eigenvalue weighted by atomic mass is 9.97. The molecule has 1 saturated carbocycles. The summed E-state index contributed by atoms with van der Waals surface area (Å²) in [6.07, 6.45) is 4.52. The van der Waals surface area contributed by atoms with E-state index >= 15 is 0 Å². The van der Waals surface area contributed by atoms with Crippen LogP contribution in [0.5, 0.6) is 0 Å². The molecule has 0 radical (unpaired) electrons. The fourth-order valence-corrected chi connectivity index (χ4v) is 5.80. The van der Waals surface area contributed by atoms with Crippen LogP contribution < -0.4 is 11.1 Å². The van der Waals surface area contributed by atoms with Gasteiger partial charge in [0.2, 0.25) is 0 Å². The van der Waals surface area contributed by atoms with Gasteiger partial charge in [-0.2, -0.15) is 5.06 Å². The van der Waals surface area contributed by atoms with Crippen LogP contribution in [-0.4, -0.2) is 66.7 Å². The van der Waals surface area contributed by atoms with Gasteiger partial charge in [0, 0.05) is 24.8 Å². The minimum Gasteiger partial charge on any atom is -0.443 e. The highest BCUT2D eigenvalue weighted by Gasteiger charge is 2.42. The molecule has 0 bridgehead atoms. The molecule has 5 atom stereocenters. The van der Waals surface area contributed by atoms with Gasteiger partial charge in [0.05, 0.1) is 31.4 Å². The Balaban J connectivity index is 1.26.